The Bertz CT molecular complexity index is 1080. The van der Waals surface area contributed by atoms with Crippen molar-refractivity contribution < 1.29 is 9.59 Å². The molecule has 2 amide bonds. The second-order valence-electron chi connectivity index (χ2n) is 10.5. The summed E-state index contributed by atoms with van der Waals surface area (Å²) in [5.41, 5.74) is 3.83. The van der Waals surface area contributed by atoms with Crippen LogP contribution in [0.3, 0.4) is 0 Å². The Morgan fingerprint density at radius 2 is 1.78 bits per heavy atom. The molecule has 7 heteroatoms. The number of hydrogen-bond acceptors (Lipinski definition) is 3. The number of likely N-dealkylation sites (N-methyl/N-ethyl adjacent to an activating group) is 1. The lowest BCUT2D eigenvalue weighted by molar-refractivity contribution is -0.130. The molecule has 0 aromatic heterocycles. The molecule has 1 saturated carbocycles. The highest BCUT2D eigenvalue weighted by molar-refractivity contribution is 6.31. The molecule has 0 radical (unpaired) electrons. The third-order valence-corrected chi connectivity index (χ3v) is 8.48. The first kappa shape index (κ1) is 27.0. The third kappa shape index (κ3) is 5.90. The maximum Gasteiger partial charge on any atom is 0.254 e. The van der Waals surface area contributed by atoms with Crippen molar-refractivity contribution in [2.45, 2.75) is 51.0 Å². The van der Waals surface area contributed by atoms with Crippen molar-refractivity contribution in [3.63, 3.8) is 0 Å². The number of carbonyl (C=O) groups excluding carboxylic acids is 2. The number of rotatable bonds is 5. The van der Waals surface area contributed by atoms with Crippen LogP contribution in [0.15, 0.2) is 42.5 Å². The Labute approximate surface area is 226 Å². The Hall–Kier alpha value is -2.08. The van der Waals surface area contributed by atoms with Gasteiger partial charge in [0.1, 0.15) is 0 Å². The minimum Gasteiger partial charge on any atom is -0.340 e. The van der Waals surface area contributed by atoms with Gasteiger partial charge in [-0.3, -0.25) is 9.59 Å². The molecule has 3 aliphatic rings. The highest BCUT2D eigenvalue weighted by Crippen LogP contribution is 2.35. The van der Waals surface area contributed by atoms with Gasteiger partial charge in [-0.15, -0.1) is 12.4 Å². The van der Waals surface area contributed by atoms with Gasteiger partial charge >= 0.3 is 0 Å². The Morgan fingerprint density at radius 3 is 2.50 bits per heavy atom. The topological polar surface area (TPSA) is 43.9 Å². The summed E-state index contributed by atoms with van der Waals surface area (Å²) in [5.74, 6) is 0.984. The van der Waals surface area contributed by atoms with E-state index < -0.39 is 0 Å². The zero-order chi connectivity index (χ0) is 24.4. The average Bonchev–Trinajstić information content (AvgIpc) is 3.31. The number of likely N-dealkylation sites (tertiary alicyclic amines) is 1. The number of piperazine rings is 1. The molecule has 2 aromatic carbocycles. The van der Waals surface area contributed by atoms with E-state index in [4.69, 9.17) is 11.6 Å². The minimum absolute atomic E-state index is 0. The van der Waals surface area contributed by atoms with Gasteiger partial charge in [-0.1, -0.05) is 48.4 Å². The molecular weight excluding hydrogens is 493 g/mol. The molecule has 0 bridgehead atoms. The molecule has 5 rings (SSSR count). The summed E-state index contributed by atoms with van der Waals surface area (Å²) < 4.78 is 0. The van der Waals surface area contributed by atoms with Gasteiger partial charge in [-0.25, -0.2) is 0 Å². The number of nitrogens with zero attached hydrogens (tertiary/aromatic N) is 3. The van der Waals surface area contributed by atoms with Crippen LogP contribution >= 0.6 is 24.0 Å². The molecule has 2 saturated heterocycles. The van der Waals surface area contributed by atoms with Crippen LogP contribution < -0.4 is 0 Å². The number of hydrogen-bond donors (Lipinski definition) is 0. The van der Waals surface area contributed by atoms with E-state index in [1.165, 1.54) is 12.8 Å². The summed E-state index contributed by atoms with van der Waals surface area (Å²) in [5, 5.41) is 0.767. The molecular formula is C29H37Cl2N3O2. The molecule has 1 aliphatic carbocycles. The fourth-order valence-electron chi connectivity index (χ4n) is 6.08. The second kappa shape index (κ2) is 12.0. The molecule has 3 fully saturated rings. The van der Waals surface area contributed by atoms with Crippen molar-refractivity contribution in [2.75, 3.05) is 39.8 Å². The van der Waals surface area contributed by atoms with Crippen LogP contribution in [0.2, 0.25) is 5.02 Å². The highest BCUT2D eigenvalue weighted by atomic mass is 35.5. The van der Waals surface area contributed by atoms with Gasteiger partial charge in [0.15, 0.2) is 0 Å². The van der Waals surface area contributed by atoms with Gasteiger partial charge in [0.2, 0.25) is 5.91 Å². The molecule has 36 heavy (non-hydrogen) atoms. The van der Waals surface area contributed by atoms with Gasteiger partial charge in [0, 0.05) is 55.8 Å². The smallest absolute Gasteiger partial charge is 0.254 e. The summed E-state index contributed by atoms with van der Waals surface area (Å²) >= 11 is 6.82. The molecule has 194 valence electrons. The summed E-state index contributed by atoms with van der Waals surface area (Å²) in [6.07, 6.45) is 7.24. The summed E-state index contributed by atoms with van der Waals surface area (Å²) in [6, 6.07) is 14.5. The fraction of sp³-hybridized carbons (Fsp3) is 0.517. The lowest BCUT2D eigenvalue weighted by Gasteiger charge is -2.35. The molecule has 2 heterocycles. The summed E-state index contributed by atoms with van der Waals surface area (Å²) in [7, 11) is 2.10. The Kier molecular flexibility index (Phi) is 8.97. The molecule has 0 N–H and O–H groups in total. The first-order valence-corrected chi connectivity index (χ1v) is 13.5. The van der Waals surface area contributed by atoms with E-state index >= 15 is 0 Å². The van der Waals surface area contributed by atoms with Crippen molar-refractivity contribution >= 4 is 35.8 Å². The van der Waals surface area contributed by atoms with E-state index in [9.17, 15) is 9.59 Å². The van der Waals surface area contributed by atoms with E-state index in [-0.39, 0.29) is 18.3 Å². The quantitative estimate of drug-likeness (QED) is 0.510. The van der Waals surface area contributed by atoms with Gasteiger partial charge in [0.25, 0.3) is 5.91 Å². The average molecular weight is 531 g/mol. The lowest BCUT2D eigenvalue weighted by Crippen LogP contribution is -2.47. The predicted octanol–water partition coefficient (Wildman–Crippen LogP) is 5.54. The number of halogens is 2. The molecule has 2 aromatic rings. The van der Waals surface area contributed by atoms with Crippen LogP contribution in [0.4, 0.5) is 0 Å². The van der Waals surface area contributed by atoms with Crippen molar-refractivity contribution in [2.24, 2.45) is 5.92 Å². The van der Waals surface area contributed by atoms with E-state index in [1.807, 2.05) is 35.2 Å². The predicted molar refractivity (Wildman–Crippen MR) is 148 cm³/mol. The van der Waals surface area contributed by atoms with Crippen LogP contribution in [0.5, 0.6) is 0 Å². The van der Waals surface area contributed by atoms with Crippen molar-refractivity contribution in [3.05, 3.63) is 58.6 Å². The first-order chi connectivity index (χ1) is 17.0. The number of benzene rings is 2. The molecule has 2 aliphatic heterocycles. The van der Waals surface area contributed by atoms with Gasteiger partial charge in [0.05, 0.1) is 0 Å². The molecule has 2 unspecified atom stereocenters. The largest absolute Gasteiger partial charge is 0.340 e. The first-order valence-electron chi connectivity index (χ1n) is 13.1. The Morgan fingerprint density at radius 1 is 1.00 bits per heavy atom. The standard InChI is InChI=1S/C29H36ClN3O2.ClH/c1-31-14-16-32(17-15-31)29(35)26-9-3-2-8-25(26)22-11-12-23(27(30)20-22)18-21-6-4-7-24(19-21)33-13-5-10-28(33)34;/h2-3,8-9,11-12,20-21,24H,4-7,10,13-19H2,1H3;1H. The lowest BCUT2D eigenvalue weighted by atomic mass is 9.81. The van der Waals surface area contributed by atoms with Crippen molar-refractivity contribution in [1.82, 2.24) is 14.7 Å². The van der Waals surface area contributed by atoms with Crippen LogP contribution in [0.1, 0.15) is 54.4 Å². The Balaban J connectivity index is 0.00000304. The van der Waals surface area contributed by atoms with Crippen molar-refractivity contribution in [1.29, 1.82) is 0 Å². The van der Waals surface area contributed by atoms with Crippen LogP contribution in [0, 0.1) is 5.92 Å². The van der Waals surface area contributed by atoms with E-state index in [1.54, 1.807) is 0 Å². The third-order valence-electron chi connectivity index (χ3n) is 8.13. The molecule has 5 nitrogen and oxygen atoms in total. The van der Waals surface area contributed by atoms with Gasteiger partial charge in [-0.05, 0) is 73.9 Å². The SMILES string of the molecule is CN1CCN(C(=O)c2ccccc2-c2ccc(CC3CCCC(N4CCCC4=O)C3)c(Cl)c2)CC1.Cl. The van der Waals surface area contributed by atoms with Gasteiger partial charge < -0.3 is 14.7 Å². The van der Waals surface area contributed by atoms with E-state index in [0.717, 1.165) is 85.7 Å². The maximum absolute atomic E-state index is 13.3. The zero-order valence-corrected chi connectivity index (χ0v) is 22.7. The summed E-state index contributed by atoms with van der Waals surface area (Å²) in [6.45, 7) is 4.26. The zero-order valence-electron chi connectivity index (χ0n) is 21.1. The van der Waals surface area contributed by atoms with E-state index in [0.29, 0.717) is 24.3 Å². The highest BCUT2D eigenvalue weighted by Gasteiger charge is 2.32. The number of amides is 2. The molecule has 0 spiro atoms. The minimum atomic E-state index is 0. The van der Waals surface area contributed by atoms with Crippen LogP contribution in [-0.2, 0) is 11.2 Å². The fourth-order valence-corrected chi connectivity index (χ4v) is 6.34. The monoisotopic (exact) mass is 529 g/mol. The normalized spacial score (nSPS) is 23.0. The van der Waals surface area contributed by atoms with Crippen molar-refractivity contribution in [3.8, 4) is 11.1 Å². The number of carbonyl (C=O) groups is 2. The summed E-state index contributed by atoms with van der Waals surface area (Å²) in [4.78, 5) is 31.9. The van der Waals surface area contributed by atoms with E-state index in [2.05, 4.69) is 29.0 Å². The second-order valence-corrected chi connectivity index (χ2v) is 10.9. The molecule has 2 atom stereocenters. The maximum atomic E-state index is 13.3. The van der Waals surface area contributed by atoms with Crippen LogP contribution in [0.25, 0.3) is 11.1 Å². The van der Waals surface area contributed by atoms with Gasteiger partial charge in [-0.2, -0.15) is 0 Å². The van der Waals surface area contributed by atoms with Crippen LogP contribution in [-0.4, -0.2) is 72.3 Å².